The van der Waals surface area contributed by atoms with Crippen LogP contribution in [-0.2, 0) is 0 Å². The quantitative estimate of drug-likeness (QED) is 0.291. The maximum absolute atomic E-state index is 13.9. The predicted molar refractivity (Wildman–Crippen MR) is 160 cm³/mol. The molecule has 2 aliphatic rings. The number of methoxy groups -OCH3 is 1. The summed E-state index contributed by atoms with van der Waals surface area (Å²) in [5.41, 5.74) is 5.06. The topological polar surface area (TPSA) is 59.9 Å². The maximum Gasteiger partial charge on any atom is 0.329 e. The van der Waals surface area contributed by atoms with E-state index < -0.39 is 0 Å². The Morgan fingerprint density at radius 3 is 2.50 bits per heavy atom. The number of allylic oxidation sites excluding steroid dienone is 3. The lowest BCUT2D eigenvalue weighted by molar-refractivity contribution is 0.163. The Balaban J connectivity index is 1.78. The first-order chi connectivity index (χ1) is 19.2. The Labute approximate surface area is 237 Å². The van der Waals surface area contributed by atoms with Crippen LogP contribution in [-0.4, -0.2) is 35.2 Å². The van der Waals surface area contributed by atoms with Crippen molar-refractivity contribution in [1.82, 2.24) is 9.80 Å². The molecular weight excluding hydrogens is 503 g/mol. The highest BCUT2D eigenvalue weighted by Gasteiger charge is 2.38. The van der Waals surface area contributed by atoms with Gasteiger partial charge in [0.1, 0.15) is 11.6 Å². The van der Waals surface area contributed by atoms with Crippen LogP contribution >= 0.6 is 0 Å². The zero-order chi connectivity index (χ0) is 29.0. The summed E-state index contributed by atoms with van der Waals surface area (Å²) in [6.07, 6.45) is 10.4. The van der Waals surface area contributed by atoms with Crippen LogP contribution in [0, 0.1) is 17.1 Å². The van der Waals surface area contributed by atoms with Crippen LogP contribution in [0.25, 0.3) is 0 Å². The molecule has 1 N–H and O–H groups in total. The Morgan fingerprint density at radius 1 is 1.23 bits per heavy atom. The van der Waals surface area contributed by atoms with E-state index in [1.165, 1.54) is 12.1 Å². The minimum Gasteiger partial charge on any atom is -0.495 e. The highest BCUT2D eigenvalue weighted by molar-refractivity contribution is 6.15. The molecule has 1 atom stereocenters. The highest BCUT2D eigenvalue weighted by Crippen LogP contribution is 2.38. The molecule has 7 heteroatoms. The Hall–Kier alpha value is -4.13. The first-order valence-electron chi connectivity index (χ1n) is 13.8. The second kappa shape index (κ2) is 12.4. The summed E-state index contributed by atoms with van der Waals surface area (Å²) in [5.74, 6) is 0.758. The summed E-state index contributed by atoms with van der Waals surface area (Å²) in [6.45, 7) is 12.5. The van der Waals surface area contributed by atoms with Crippen molar-refractivity contribution in [2.24, 2.45) is 5.92 Å². The molecule has 2 amide bonds. The molecule has 1 aliphatic heterocycles. The third-order valence-corrected chi connectivity index (χ3v) is 7.17. The zero-order valence-electron chi connectivity index (χ0n) is 24.1. The molecule has 4 rings (SSSR count). The van der Waals surface area contributed by atoms with E-state index >= 15 is 0 Å². The number of hydrogen-bond acceptors (Lipinski definition) is 4. The van der Waals surface area contributed by atoms with Gasteiger partial charge in [-0.1, -0.05) is 43.4 Å². The minimum absolute atomic E-state index is 0.128. The molecule has 1 unspecified atom stereocenters. The van der Waals surface area contributed by atoms with Crippen LogP contribution < -0.4 is 9.64 Å². The van der Waals surface area contributed by atoms with Gasteiger partial charge in [-0.2, -0.15) is 0 Å². The van der Waals surface area contributed by atoms with Gasteiger partial charge < -0.3 is 9.64 Å². The smallest absolute Gasteiger partial charge is 0.329 e. The molecule has 0 saturated heterocycles. The number of amides is 2. The van der Waals surface area contributed by atoms with Crippen molar-refractivity contribution in [3.63, 3.8) is 0 Å². The number of nitrogens with one attached hydrogen (secondary N) is 1. The molecule has 0 radical (unpaired) electrons. The number of benzene rings is 2. The minimum atomic E-state index is -0.355. The van der Waals surface area contributed by atoms with Gasteiger partial charge in [0, 0.05) is 36.3 Å². The number of carbonyl (C=O) groups is 1. The van der Waals surface area contributed by atoms with Crippen molar-refractivity contribution < 1.29 is 13.9 Å². The average molecular weight is 543 g/mol. The van der Waals surface area contributed by atoms with Crippen molar-refractivity contribution in [2.75, 3.05) is 18.6 Å². The molecular formula is C33H39FN4O2. The van der Waals surface area contributed by atoms with Gasteiger partial charge in [0.15, 0.2) is 0 Å². The van der Waals surface area contributed by atoms with E-state index in [0.29, 0.717) is 47.2 Å². The molecule has 40 heavy (non-hydrogen) atoms. The van der Waals surface area contributed by atoms with E-state index in [-0.39, 0.29) is 17.9 Å². The number of hydrogen-bond donors (Lipinski definition) is 1. The van der Waals surface area contributed by atoms with Crippen LogP contribution in [0.15, 0.2) is 90.6 Å². The lowest BCUT2D eigenvalue weighted by Gasteiger charge is -2.40. The predicted octanol–water partition coefficient (Wildman–Crippen LogP) is 8.16. The monoisotopic (exact) mass is 542 g/mol. The van der Waals surface area contributed by atoms with Crippen molar-refractivity contribution in [3.8, 4) is 5.75 Å². The third kappa shape index (κ3) is 6.19. The van der Waals surface area contributed by atoms with Crippen LogP contribution in [0.2, 0.25) is 0 Å². The van der Waals surface area contributed by atoms with Crippen molar-refractivity contribution in [3.05, 3.63) is 108 Å². The highest BCUT2D eigenvalue weighted by atomic mass is 19.1. The van der Waals surface area contributed by atoms with Crippen LogP contribution in [0.4, 0.5) is 14.9 Å². The normalized spacial score (nSPS) is 16.9. The SMILES string of the molecule is C=CN(C=C(C)C)c1ccc(C(=N)C2=CN(CC3CC3)C(=O)N(C(C)c3ccc(F)cc3)/C2=C/CC)cc1OC. The fourth-order valence-corrected chi connectivity index (χ4v) is 4.92. The van der Waals surface area contributed by atoms with Crippen LogP contribution in [0.3, 0.4) is 0 Å². The fourth-order valence-electron chi connectivity index (χ4n) is 4.92. The van der Waals surface area contributed by atoms with Gasteiger partial charge in [-0.3, -0.25) is 15.2 Å². The van der Waals surface area contributed by atoms with Gasteiger partial charge in [-0.15, -0.1) is 0 Å². The summed E-state index contributed by atoms with van der Waals surface area (Å²) in [6, 6.07) is 11.5. The zero-order valence-corrected chi connectivity index (χ0v) is 24.1. The number of ether oxygens (including phenoxy) is 1. The van der Waals surface area contributed by atoms with Crippen molar-refractivity contribution in [2.45, 2.75) is 53.0 Å². The molecule has 2 aromatic rings. The molecule has 1 fully saturated rings. The largest absolute Gasteiger partial charge is 0.495 e. The molecule has 1 heterocycles. The molecule has 210 valence electrons. The van der Waals surface area contributed by atoms with E-state index in [9.17, 15) is 14.6 Å². The number of anilines is 1. The Morgan fingerprint density at radius 2 is 1.93 bits per heavy atom. The summed E-state index contributed by atoms with van der Waals surface area (Å²) in [4.78, 5) is 19.3. The van der Waals surface area contributed by atoms with Gasteiger partial charge in [0.05, 0.1) is 30.2 Å². The second-order valence-corrected chi connectivity index (χ2v) is 10.6. The summed E-state index contributed by atoms with van der Waals surface area (Å²) in [7, 11) is 1.61. The number of carbonyl (C=O) groups excluding carboxylic acids is 1. The second-order valence-electron chi connectivity index (χ2n) is 10.6. The van der Waals surface area contributed by atoms with Crippen LogP contribution in [0.1, 0.15) is 64.1 Å². The fraction of sp³-hybridized carbons (Fsp3) is 0.333. The van der Waals surface area contributed by atoms with Crippen LogP contribution in [0.5, 0.6) is 5.75 Å². The van der Waals surface area contributed by atoms with E-state index in [4.69, 9.17) is 4.74 Å². The summed E-state index contributed by atoms with van der Waals surface area (Å²) < 4.78 is 19.4. The van der Waals surface area contributed by atoms with E-state index in [1.807, 2.05) is 69.3 Å². The standard InChI is InChI=1S/C33H39FN4O2/c1-7-9-29-28(32(35)26-14-17-30(31(18-26)40-6)36(8-2)19-22(3)4)21-37(20-24-10-11-24)33(39)38(29)23(5)25-12-15-27(34)16-13-25/h8-9,12-19,21,23-24,35H,2,7,10-11,20H2,1,3-6H3/b29-9+,35-32?. The first kappa shape index (κ1) is 28.9. The molecule has 1 saturated carbocycles. The van der Waals surface area contributed by atoms with E-state index in [2.05, 4.69) is 6.58 Å². The molecule has 2 aromatic carbocycles. The van der Waals surface area contributed by atoms with E-state index in [1.54, 1.807) is 35.2 Å². The van der Waals surface area contributed by atoms with Gasteiger partial charge in [0.25, 0.3) is 0 Å². The number of rotatable bonds is 11. The van der Waals surface area contributed by atoms with Gasteiger partial charge in [-0.05, 0) is 75.8 Å². The van der Waals surface area contributed by atoms with Gasteiger partial charge in [-0.25, -0.2) is 9.18 Å². The Bertz CT molecular complexity index is 1370. The third-order valence-electron chi connectivity index (χ3n) is 7.17. The summed E-state index contributed by atoms with van der Waals surface area (Å²) >= 11 is 0. The number of urea groups is 1. The maximum atomic E-state index is 13.9. The molecule has 0 aromatic heterocycles. The van der Waals surface area contributed by atoms with Gasteiger partial charge >= 0.3 is 6.03 Å². The summed E-state index contributed by atoms with van der Waals surface area (Å²) in [5, 5.41) is 9.33. The van der Waals surface area contributed by atoms with Gasteiger partial charge in [0.2, 0.25) is 0 Å². The first-order valence-corrected chi connectivity index (χ1v) is 13.8. The van der Waals surface area contributed by atoms with Crippen molar-refractivity contribution in [1.29, 1.82) is 5.41 Å². The lowest BCUT2D eigenvalue weighted by Crippen LogP contribution is -2.47. The van der Waals surface area contributed by atoms with E-state index in [0.717, 1.165) is 29.7 Å². The molecule has 1 aliphatic carbocycles. The molecule has 6 nitrogen and oxygen atoms in total. The number of halogens is 1. The van der Waals surface area contributed by atoms with Crippen molar-refractivity contribution >= 4 is 17.4 Å². The average Bonchev–Trinajstić information content (AvgIpc) is 3.77. The molecule has 0 spiro atoms. The number of nitrogens with zero attached hydrogens (tertiary/aromatic N) is 3. The lowest BCUT2D eigenvalue weighted by atomic mass is 9.95. The Kier molecular flexibility index (Phi) is 8.93. The molecule has 0 bridgehead atoms.